The van der Waals surface area contributed by atoms with Crippen molar-refractivity contribution in [2.24, 2.45) is 0 Å². The van der Waals surface area contributed by atoms with Crippen LogP contribution in [0.3, 0.4) is 0 Å². The van der Waals surface area contributed by atoms with Crippen LogP contribution in [0.25, 0.3) is 16.8 Å². The van der Waals surface area contributed by atoms with Crippen LogP contribution < -0.4 is 10.1 Å². The number of benzene rings is 2. The number of fused-ring (bicyclic) bond motifs is 1. The van der Waals surface area contributed by atoms with Crippen LogP contribution in [-0.4, -0.2) is 27.6 Å². The van der Waals surface area contributed by atoms with Crippen LogP contribution in [0, 0.1) is 6.92 Å². The number of anilines is 1. The van der Waals surface area contributed by atoms with Crippen molar-refractivity contribution in [2.45, 2.75) is 13.1 Å². The molecule has 0 unspecified atom stereocenters. The minimum atomic E-state index is -4.50. The van der Waals surface area contributed by atoms with E-state index in [-0.39, 0.29) is 11.3 Å². The molecule has 2 aromatic heterocycles. The van der Waals surface area contributed by atoms with Gasteiger partial charge >= 0.3 is 6.18 Å². The third kappa shape index (κ3) is 3.94. The molecule has 0 atom stereocenters. The number of halogens is 3. The Morgan fingerprint density at radius 2 is 1.84 bits per heavy atom. The largest absolute Gasteiger partial charge is 0.497 e. The van der Waals surface area contributed by atoms with Crippen LogP contribution in [0.15, 0.2) is 60.9 Å². The lowest BCUT2D eigenvalue weighted by molar-refractivity contribution is -0.137. The Labute approximate surface area is 175 Å². The molecule has 0 bridgehead atoms. The van der Waals surface area contributed by atoms with Crippen molar-refractivity contribution < 1.29 is 22.7 Å². The number of nitrogens with zero attached hydrogens (tertiary/aromatic N) is 3. The Morgan fingerprint density at radius 3 is 2.52 bits per heavy atom. The highest BCUT2D eigenvalue weighted by Crippen LogP contribution is 2.31. The van der Waals surface area contributed by atoms with Crippen LogP contribution in [-0.2, 0) is 6.18 Å². The Hall–Kier alpha value is -3.88. The third-order valence-electron chi connectivity index (χ3n) is 4.86. The van der Waals surface area contributed by atoms with Gasteiger partial charge in [0.05, 0.1) is 30.1 Å². The van der Waals surface area contributed by atoms with Gasteiger partial charge in [-0.2, -0.15) is 18.3 Å². The van der Waals surface area contributed by atoms with Gasteiger partial charge in [-0.25, -0.2) is 9.50 Å². The monoisotopic (exact) mass is 426 g/mol. The van der Waals surface area contributed by atoms with Crippen molar-refractivity contribution in [3.8, 4) is 16.9 Å². The number of methoxy groups -OCH3 is 1. The van der Waals surface area contributed by atoms with Gasteiger partial charge in [-0.05, 0) is 42.8 Å². The average Bonchev–Trinajstić information content (AvgIpc) is 3.18. The van der Waals surface area contributed by atoms with Crippen LogP contribution in [0.4, 0.5) is 18.9 Å². The number of aryl methyl sites for hydroxylation is 1. The zero-order chi connectivity index (χ0) is 22.2. The topological polar surface area (TPSA) is 68.5 Å². The maximum Gasteiger partial charge on any atom is 0.416 e. The quantitative estimate of drug-likeness (QED) is 0.500. The van der Waals surface area contributed by atoms with Crippen LogP contribution >= 0.6 is 0 Å². The molecule has 0 radical (unpaired) electrons. The van der Waals surface area contributed by atoms with Crippen molar-refractivity contribution in [2.75, 3.05) is 12.4 Å². The maximum absolute atomic E-state index is 12.9. The lowest BCUT2D eigenvalue weighted by atomic mass is 10.1. The minimum Gasteiger partial charge on any atom is -0.497 e. The molecule has 1 N–H and O–H groups in total. The van der Waals surface area contributed by atoms with E-state index in [1.165, 1.54) is 22.8 Å². The fourth-order valence-corrected chi connectivity index (χ4v) is 3.21. The molecular formula is C22H17F3N4O2. The molecule has 0 aliphatic rings. The number of hydrogen-bond donors (Lipinski definition) is 1. The Balaban J connectivity index is 1.65. The van der Waals surface area contributed by atoms with Crippen LogP contribution in [0.1, 0.15) is 21.6 Å². The summed E-state index contributed by atoms with van der Waals surface area (Å²) < 4.78 is 45.4. The molecule has 2 aromatic carbocycles. The molecule has 4 rings (SSSR count). The standard InChI is InChI=1S/C22H17F3N4O2/c1-13-18(21(30)28-16-5-3-4-15(10-16)22(23,24)25)11-26-20-19(12-27-29(13)20)14-6-8-17(31-2)9-7-14/h3-12H,1-2H3,(H,28,30). The number of nitrogens with one attached hydrogen (secondary N) is 1. The minimum absolute atomic E-state index is 0.0405. The molecule has 158 valence electrons. The lowest BCUT2D eigenvalue weighted by Gasteiger charge is -2.11. The van der Waals surface area contributed by atoms with Crippen molar-refractivity contribution in [3.05, 3.63) is 77.7 Å². The molecule has 0 aliphatic heterocycles. The fourth-order valence-electron chi connectivity index (χ4n) is 3.21. The summed E-state index contributed by atoms with van der Waals surface area (Å²) >= 11 is 0. The Kier molecular flexibility index (Phi) is 5.10. The van der Waals surface area contributed by atoms with Crippen LogP contribution in [0.5, 0.6) is 5.75 Å². The summed E-state index contributed by atoms with van der Waals surface area (Å²) in [4.78, 5) is 17.1. The summed E-state index contributed by atoms with van der Waals surface area (Å²) in [6, 6.07) is 11.9. The summed E-state index contributed by atoms with van der Waals surface area (Å²) in [5, 5.41) is 6.82. The molecule has 0 spiro atoms. The molecule has 2 heterocycles. The van der Waals surface area contributed by atoms with E-state index in [1.54, 1.807) is 20.2 Å². The normalized spacial score (nSPS) is 11.5. The second-order valence-corrected chi connectivity index (χ2v) is 6.81. The molecule has 9 heteroatoms. The van der Waals surface area contributed by atoms with E-state index >= 15 is 0 Å². The zero-order valence-corrected chi connectivity index (χ0v) is 16.6. The van der Waals surface area contributed by atoms with Gasteiger partial charge in [0.1, 0.15) is 5.75 Å². The molecule has 31 heavy (non-hydrogen) atoms. The fraction of sp³-hybridized carbons (Fsp3) is 0.136. The number of rotatable bonds is 4. The van der Waals surface area contributed by atoms with Crippen molar-refractivity contribution in [1.82, 2.24) is 14.6 Å². The van der Waals surface area contributed by atoms with Gasteiger partial charge in [-0.1, -0.05) is 18.2 Å². The molecule has 1 amide bonds. The number of aromatic nitrogens is 3. The Bertz CT molecular complexity index is 1260. The van der Waals surface area contributed by atoms with E-state index in [0.717, 1.165) is 29.0 Å². The highest BCUT2D eigenvalue weighted by Gasteiger charge is 2.30. The van der Waals surface area contributed by atoms with Gasteiger partial charge in [0.25, 0.3) is 5.91 Å². The first-order valence-electron chi connectivity index (χ1n) is 9.24. The van der Waals surface area contributed by atoms with E-state index in [9.17, 15) is 18.0 Å². The molecule has 6 nitrogen and oxygen atoms in total. The first kappa shape index (κ1) is 20.4. The smallest absolute Gasteiger partial charge is 0.416 e. The number of carbonyl (C=O) groups is 1. The lowest BCUT2D eigenvalue weighted by Crippen LogP contribution is -2.16. The molecule has 0 aliphatic carbocycles. The molecule has 0 saturated carbocycles. The molecule has 0 saturated heterocycles. The molecular weight excluding hydrogens is 409 g/mol. The second-order valence-electron chi connectivity index (χ2n) is 6.81. The Morgan fingerprint density at radius 1 is 1.10 bits per heavy atom. The summed E-state index contributed by atoms with van der Waals surface area (Å²) in [5.74, 6) is 0.144. The third-order valence-corrected chi connectivity index (χ3v) is 4.86. The van der Waals surface area contributed by atoms with Gasteiger partial charge in [0.2, 0.25) is 0 Å². The SMILES string of the molecule is COc1ccc(-c2cnn3c(C)c(C(=O)Nc4cccc(C(F)(F)F)c4)cnc23)cc1. The van der Waals surface area contributed by atoms with Crippen LogP contribution in [0.2, 0.25) is 0 Å². The first-order chi connectivity index (χ1) is 14.8. The van der Waals surface area contributed by atoms with E-state index in [0.29, 0.717) is 11.3 Å². The van der Waals surface area contributed by atoms with Crippen molar-refractivity contribution in [3.63, 3.8) is 0 Å². The van der Waals surface area contributed by atoms with Gasteiger partial charge in [0.15, 0.2) is 5.65 Å². The van der Waals surface area contributed by atoms with E-state index in [4.69, 9.17) is 4.74 Å². The maximum atomic E-state index is 12.9. The highest BCUT2D eigenvalue weighted by atomic mass is 19.4. The number of alkyl halides is 3. The summed E-state index contributed by atoms with van der Waals surface area (Å²) in [5.41, 5.74) is 2.12. The summed E-state index contributed by atoms with van der Waals surface area (Å²) in [6.45, 7) is 1.69. The van der Waals surface area contributed by atoms with Gasteiger partial charge in [-0.3, -0.25) is 4.79 Å². The van der Waals surface area contributed by atoms with Gasteiger partial charge in [0, 0.05) is 17.4 Å². The summed E-state index contributed by atoms with van der Waals surface area (Å²) in [6.07, 6.45) is -1.46. The van der Waals surface area contributed by atoms with E-state index in [1.807, 2.05) is 24.3 Å². The molecule has 0 fully saturated rings. The number of ether oxygens (including phenoxy) is 1. The second kappa shape index (κ2) is 7.75. The van der Waals surface area contributed by atoms with Gasteiger partial charge < -0.3 is 10.1 Å². The predicted molar refractivity (Wildman–Crippen MR) is 109 cm³/mol. The number of hydrogen-bond acceptors (Lipinski definition) is 4. The van der Waals surface area contributed by atoms with Crippen molar-refractivity contribution in [1.29, 1.82) is 0 Å². The predicted octanol–water partition coefficient (Wildman–Crippen LogP) is 4.98. The van der Waals surface area contributed by atoms with E-state index < -0.39 is 17.6 Å². The molecule has 4 aromatic rings. The first-order valence-corrected chi connectivity index (χ1v) is 9.24. The number of carbonyl (C=O) groups excluding carboxylic acids is 1. The number of amides is 1. The van der Waals surface area contributed by atoms with Gasteiger partial charge in [-0.15, -0.1) is 0 Å². The zero-order valence-electron chi connectivity index (χ0n) is 16.6. The summed E-state index contributed by atoms with van der Waals surface area (Å²) in [7, 11) is 1.58. The highest BCUT2D eigenvalue weighted by molar-refractivity contribution is 6.05. The average molecular weight is 426 g/mol. The van der Waals surface area contributed by atoms with Crippen molar-refractivity contribution >= 4 is 17.2 Å². The van der Waals surface area contributed by atoms with E-state index in [2.05, 4.69) is 15.4 Å².